The Morgan fingerprint density at radius 1 is 1.00 bits per heavy atom. The fourth-order valence-corrected chi connectivity index (χ4v) is 4.38. The number of hydrogen-bond acceptors (Lipinski definition) is 8. The van der Waals surface area contributed by atoms with Crippen LogP contribution in [-0.2, 0) is 0 Å². The van der Waals surface area contributed by atoms with Crippen molar-refractivity contribution in [2.45, 2.75) is 12.8 Å². The molecule has 0 spiro atoms. The van der Waals surface area contributed by atoms with Crippen molar-refractivity contribution in [3.05, 3.63) is 48.2 Å². The number of anilines is 1. The van der Waals surface area contributed by atoms with E-state index in [0.29, 0.717) is 29.7 Å². The highest BCUT2D eigenvalue weighted by Crippen LogP contribution is 2.28. The number of piperazine rings is 1. The number of methoxy groups -OCH3 is 2. The Balaban J connectivity index is 0.00000190. The van der Waals surface area contributed by atoms with Crippen LogP contribution in [0.1, 0.15) is 23.4 Å². The summed E-state index contributed by atoms with van der Waals surface area (Å²) in [6, 6.07) is 13.7. The molecule has 2 aromatic heterocycles. The summed E-state index contributed by atoms with van der Waals surface area (Å²) in [4.78, 5) is 21.7. The average molecular weight is 551 g/mol. The van der Waals surface area contributed by atoms with E-state index in [1.165, 1.54) is 0 Å². The van der Waals surface area contributed by atoms with E-state index in [0.717, 1.165) is 67.8 Å². The molecule has 37 heavy (non-hydrogen) atoms. The minimum atomic E-state index is -0.201. The van der Waals surface area contributed by atoms with Crippen LogP contribution in [0.4, 0.5) is 6.01 Å². The van der Waals surface area contributed by atoms with Crippen LogP contribution in [0.2, 0.25) is 0 Å². The van der Waals surface area contributed by atoms with Gasteiger partial charge in [-0.1, -0.05) is 12.1 Å². The Hall–Kier alpha value is -3.14. The number of ether oxygens (including phenoxy) is 2. The Morgan fingerprint density at radius 2 is 1.81 bits per heavy atom. The lowest BCUT2D eigenvalue weighted by molar-refractivity contribution is 0.0927. The van der Waals surface area contributed by atoms with Gasteiger partial charge in [-0.25, -0.2) is 0 Å². The van der Waals surface area contributed by atoms with Gasteiger partial charge < -0.3 is 28.5 Å². The number of rotatable bonds is 9. The Morgan fingerprint density at radius 3 is 2.57 bits per heavy atom. The zero-order chi connectivity index (χ0) is 24.2. The van der Waals surface area contributed by atoms with Crippen molar-refractivity contribution in [2.24, 2.45) is 0 Å². The van der Waals surface area contributed by atoms with E-state index in [1.54, 1.807) is 20.3 Å². The first-order valence-corrected chi connectivity index (χ1v) is 11.9. The van der Waals surface area contributed by atoms with Crippen molar-refractivity contribution >= 4 is 58.8 Å². The summed E-state index contributed by atoms with van der Waals surface area (Å²) in [5.41, 5.74) is 2.18. The third kappa shape index (κ3) is 6.41. The largest absolute Gasteiger partial charge is 0.497 e. The molecule has 0 saturated carbocycles. The predicted octanol–water partition coefficient (Wildman–Crippen LogP) is 4.77. The van der Waals surface area contributed by atoms with Gasteiger partial charge in [-0.15, -0.1) is 24.8 Å². The minimum Gasteiger partial charge on any atom is -0.497 e. The number of aromatic nitrogens is 1. The van der Waals surface area contributed by atoms with Crippen LogP contribution in [-0.4, -0.2) is 69.3 Å². The quantitative estimate of drug-likeness (QED) is 0.298. The number of oxazole rings is 1. The minimum absolute atomic E-state index is 0. The van der Waals surface area contributed by atoms with Crippen molar-refractivity contribution in [1.29, 1.82) is 0 Å². The number of furan rings is 1. The third-order valence-electron chi connectivity index (χ3n) is 6.36. The zero-order valence-electron chi connectivity index (χ0n) is 20.9. The summed E-state index contributed by atoms with van der Waals surface area (Å²) in [6.07, 6.45) is 1.92. The average Bonchev–Trinajstić information content (AvgIpc) is 3.52. The van der Waals surface area contributed by atoms with Crippen molar-refractivity contribution < 1.29 is 23.1 Å². The van der Waals surface area contributed by atoms with Gasteiger partial charge in [0.2, 0.25) is 0 Å². The molecular formula is C26H32Cl2N4O5. The predicted molar refractivity (Wildman–Crippen MR) is 148 cm³/mol. The van der Waals surface area contributed by atoms with E-state index in [4.69, 9.17) is 18.3 Å². The van der Waals surface area contributed by atoms with E-state index in [-0.39, 0.29) is 30.7 Å². The Bertz CT molecular complexity index is 1320. The second kappa shape index (κ2) is 12.9. The van der Waals surface area contributed by atoms with Crippen molar-refractivity contribution in [2.75, 3.05) is 58.4 Å². The number of carbonyl (C=O) groups is 1. The summed E-state index contributed by atoms with van der Waals surface area (Å²) in [5, 5.41) is 3.81. The molecule has 0 atom stereocenters. The molecule has 200 valence electrons. The number of nitrogens with one attached hydrogen (secondary N) is 1. The number of amides is 1. The first-order valence-electron chi connectivity index (χ1n) is 11.9. The summed E-state index contributed by atoms with van der Waals surface area (Å²) < 4.78 is 22.2. The first kappa shape index (κ1) is 28.4. The van der Waals surface area contributed by atoms with E-state index < -0.39 is 0 Å². The highest BCUT2D eigenvalue weighted by atomic mass is 35.5. The van der Waals surface area contributed by atoms with E-state index >= 15 is 0 Å². The number of nitrogens with zero attached hydrogens (tertiary/aromatic N) is 3. The van der Waals surface area contributed by atoms with Gasteiger partial charge in [-0.3, -0.25) is 9.69 Å². The smallest absolute Gasteiger partial charge is 0.298 e. The number of hydrogen-bond donors (Lipinski definition) is 1. The summed E-state index contributed by atoms with van der Waals surface area (Å²) >= 11 is 0. The van der Waals surface area contributed by atoms with Crippen LogP contribution < -0.4 is 19.7 Å². The Labute approximate surface area is 227 Å². The maximum Gasteiger partial charge on any atom is 0.298 e. The highest BCUT2D eigenvalue weighted by molar-refractivity contribution is 5.97. The van der Waals surface area contributed by atoms with Crippen LogP contribution in [0.15, 0.2) is 51.3 Å². The van der Waals surface area contributed by atoms with Crippen molar-refractivity contribution in [3.63, 3.8) is 0 Å². The van der Waals surface area contributed by atoms with Gasteiger partial charge in [0.05, 0.1) is 14.2 Å². The topological polar surface area (TPSA) is 93.2 Å². The van der Waals surface area contributed by atoms with Crippen LogP contribution in [0.25, 0.3) is 22.1 Å². The number of halogens is 2. The molecule has 1 amide bonds. The van der Waals surface area contributed by atoms with Gasteiger partial charge in [0, 0.05) is 44.2 Å². The van der Waals surface area contributed by atoms with Gasteiger partial charge >= 0.3 is 0 Å². The molecule has 1 saturated heterocycles. The fraction of sp³-hybridized carbons (Fsp3) is 0.385. The zero-order valence-corrected chi connectivity index (χ0v) is 22.5. The monoisotopic (exact) mass is 550 g/mol. The maximum atomic E-state index is 12.5. The van der Waals surface area contributed by atoms with Gasteiger partial charge in [0.15, 0.2) is 22.7 Å². The molecule has 0 radical (unpaired) electrons. The number of unbranched alkanes of at least 4 members (excludes halogenated alkanes) is 1. The lowest BCUT2D eigenvalue weighted by atomic mass is 10.2. The van der Waals surface area contributed by atoms with Gasteiger partial charge in [-0.05, 0) is 43.7 Å². The van der Waals surface area contributed by atoms with E-state index in [1.807, 2.05) is 36.4 Å². The second-order valence-corrected chi connectivity index (χ2v) is 8.61. The number of benzene rings is 2. The molecular weight excluding hydrogens is 519 g/mol. The molecule has 1 fully saturated rings. The molecule has 0 bridgehead atoms. The number of fused-ring (bicyclic) bond motifs is 2. The number of carbonyl (C=O) groups excluding carboxylic acids is 1. The molecule has 1 aliphatic heterocycles. The third-order valence-corrected chi connectivity index (χ3v) is 6.36. The van der Waals surface area contributed by atoms with E-state index in [9.17, 15) is 4.79 Å². The van der Waals surface area contributed by atoms with Crippen LogP contribution >= 0.6 is 24.8 Å². The highest BCUT2D eigenvalue weighted by Gasteiger charge is 2.21. The van der Waals surface area contributed by atoms with Gasteiger partial charge in [-0.2, -0.15) is 4.98 Å². The molecule has 4 aromatic rings. The van der Waals surface area contributed by atoms with Crippen LogP contribution in [0, 0.1) is 0 Å². The van der Waals surface area contributed by atoms with Gasteiger partial charge in [0.25, 0.3) is 11.9 Å². The molecule has 0 unspecified atom stereocenters. The number of para-hydroxylation sites is 1. The summed E-state index contributed by atoms with van der Waals surface area (Å²) in [5.74, 6) is 1.50. The van der Waals surface area contributed by atoms with Crippen LogP contribution in [0.3, 0.4) is 0 Å². The molecule has 3 heterocycles. The molecule has 0 aliphatic carbocycles. The summed E-state index contributed by atoms with van der Waals surface area (Å²) in [7, 11) is 3.23. The SMILES string of the molecule is COc1ccc2oc(N3CCN(CCCCNC(=O)c4cc5cccc(OC)c5o4)CC3)nc2c1.Cl.Cl. The second-order valence-electron chi connectivity index (χ2n) is 8.61. The molecule has 9 nitrogen and oxygen atoms in total. The normalized spacial score (nSPS) is 13.7. The molecule has 2 aromatic carbocycles. The standard InChI is InChI=1S/C26H30N4O5.2ClH/c1-32-19-8-9-21-20(17-19)28-26(35-21)30-14-12-29(13-15-30)11-4-3-10-27-25(31)23-16-18-6-5-7-22(33-2)24(18)34-23;;/h5-9,16-17H,3-4,10-15H2,1-2H3,(H,27,31);2*1H. The van der Waals surface area contributed by atoms with Crippen molar-refractivity contribution in [3.8, 4) is 11.5 Å². The molecule has 1 N–H and O–H groups in total. The fourth-order valence-electron chi connectivity index (χ4n) is 4.38. The van der Waals surface area contributed by atoms with E-state index in [2.05, 4.69) is 20.1 Å². The first-order chi connectivity index (χ1) is 17.1. The molecule has 11 heteroatoms. The van der Waals surface area contributed by atoms with Crippen LogP contribution in [0.5, 0.6) is 11.5 Å². The molecule has 5 rings (SSSR count). The Kier molecular flexibility index (Phi) is 9.91. The molecule has 1 aliphatic rings. The lowest BCUT2D eigenvalue weighted by Gasteiger charge is -2.33. The van der Waals surface area contributed by atoms with Crippen molar-refractivity contribution in [1.82, 2.24) is 15.2 Å². The van der Waals surface area contributed by atoms with Gasteiger partial charge in [0.1, 0.15) is 11.3 Å². The maximum absolute atomic E-state index is 12.5. The lowest BCUT2D eigenvalue weighted by Crippen LogP contribution is -2.46. The summed E-state index contributed by atoms with van der Waals surface area (Å²) in [6.45, 7) is 5.26.